The van der Waals surface area contributed by atoms with E-state index in [0.29, 0.717) is 12.8 Å². The first kappa shape index (κ1) is 14.4. The second kappa shape index (κ2) is 5.77. The molecule has 1 aromatic heterocycles. The second-order valence-corrected chi connectivity index (χ2v) is 4.78. The van der Waals surface area contributed by atoms with Crippen molar-refractivity contribution in [2.24, 2.45) is 5.73 Å². The average molecular weight is 252 g/mol. The summed E-state index contributed by atoms with van der Waals surface area (Å²) in [7, 11) is 0. The number of amides is 1. The van der Waals surface area contributed by atoms with Crippen molar-refractivity contribution in [3.05, 3.63) is 18.2 Å². The molecular weight excluding hydrogens is 232 g/mol. The van der Waals surface area contributed by atoms with Crippen LogP contribution < -0.4 is 11.1 Å². The highest BCUT2D eigenvalue weighted by atomic mass is 16.2. The third-order valence-electron chi connectivity index (χ3n) is 2.79. The first-order valence-corrected chi connectivity index (χ1v) is 5.95. The van der Waals surface area contributed by atoms with Crippen LogP contribution in [0.3, 0.4) is 0 Å². The van der Waals surface area contributed by atoms with Crippen molar-refractivity contribution in [2.75, 3.05) is 0 Å². The highest BCUT2D eigenvalue weighted by Gasteiger charge is 2.29. The van der Waals surface area contributed by atoms with Crippen molar-refractivity contribution in [3.8, 4) is 0 Å². The van der Waals surface area contributed by atoms with Gasteiger partial charge in [0, 0.05) is 24.7 Å². The number of ketones is 1. The third kappa shape index (κ3) is 3.66. The zero-order valence-corrected chi connectivity index (χ0v) is 11.0. The van der Waals surface area contributed by atoms with Gasteiger partial charge in [0.05, 0.1) is 17.9 Å². The van der Waals surface area contributed by atoms with Gasteiger partial charge in [0.25, 0.3) is 0 Å². The van der Waals surface area contributed by atoms with Crippen molar-refractivity contribution < 1.29 is 9.59 Å². The number of aromatic nitrogens is 2. The number of nitrogens with one attached hydrogen (secondary N) is 2. The van der Waals surface area contributed by atoms with Crippen LogP contribution in [0.2, 0.25) is 0 Å². The zero-order chi connectivity index (χ0) is 13.8. The molecule has 0 bridgehead atoms. The molecule has 1 atom stereocenters. The fraction of sp³-hybridized carbons (Fsp3) is 0.583. The summed E-state index contributed by atoms with van der Waals surface area (Å²) in [5.41, 5.74) is 5.70. The number of H-pyrrole nitrogens is 1. The molecular formula is C12H20N4O2. The van der Waals surface area contributed by atoms with Crippen LogP contribution in [-0.2, 0) is 16.0 Å². The van der Waals surface area contributed by atoms with E-state index in [9.17, 15) is 9.59 Å². The minimum Gasteiger partial charge on any atom is -0.348 e. The SMILES string of the molecule is CCC(=O)C(C)(C)NC(=O)[C@@H](N)Cc1cnc[nH]1. The lowest BCUT2D eigenvalue weighted by molar-refractivity contribution is -0.131. The Hall–Kier alpha value is -1.69. The molecule has 18 heavy (non-hydrogen) atoms. The standard InChI is InChI=1S/C12H20N4O2/c1-4-10(17)12(2,3)16-11(18)9(13)5-8-6-14-7-15-8/h6-7,9H,4-5,13H2,1-3H3,(H,14,15)(H,16,18)/t9-/m0/s1. The molecule has 6 heteroatoms. The van der Waals surface area contributed by atoms with Crippen LogP contribution in [0.5, 0.6) is 0 Å². The van der Waals surface area contributed by atoms with Crippen LogP contribution in [0, 0.1) is 0 Å². The van der Waals surface area contributed by atoms with Crippen molar-refractivity contribution in [1.82, 2.24) is 15.3 Å². The Balaban J connectivity index is 2.57. The van der Waals surface area contributed by atoms with Crippen molar-refractivity contribution in [1.29, 1.82) is 0 Å². The molecule has 1 aromatic rings. The molecule has 0 fully saturated rings. The van der Waals surface area contributed by atoms with E-state index in [1.165, 1.54) is 6.33 Å². The Morgan fingerprint density at radius 2 is 2.22 bits per heavy atom. The number of carbonyl (C=O) groups excluding carboxylic acids is 2. The molecule has 0 aliphatic heterocycles. The highest BCUT2D eigenvalue weighted by molar-refractivity contribution is 5.93. The second-order valence-electron chi connectivity index (χ2n) is 4.78. The molecule has 0 aliphatic carbocycles. The van der Waals surface area contributed by atoms with E-state index in [2.05, 4.69) is 15.3 Å². The minimum atomic E-state index is -0.878. The Morgan fingerprint density at radius 1 is 1.56 bits per heavy atom. The van der Waals surface area contributed by atoms with Gasteiger partial charge < -0.3 is 16.0 Å². The maximum Gasteiger partial charge on any atom is 0.238 e. The summed E-state index contributed by atoms with van der Waals surface area (Å²) in [5.74, 6) is -0.360. The molecule has 0 saturated heterocycles. The molecule has 1 amide bonds. The fourth-order valence-electron chi connectivity index (χ4n) is 1.64. The van der Waals surface area contributed by atoms with Gasteiger partial charge in [-0.1, -0.05) is 6.92 Å². The molecule has 0 radical (unpaired) electrons. The number of nitrogens with two attached hydrogens (primary N) is 1. The Bertz CT molecular complexity index is 412. The maximum absolute atomic E-state index is 11.9. The maximum atomic E-state index is 11.9. The zero-order valence-electron chi connectivity index (χ0n) is 11.0. The van der Waals surface area contributed by atoms with Gasteiger partial charge in [-0.3, -0.25) is 9.59 Å². The number of rotatable bonds is 6. The molecule has 1 rings (SSSR count). The van der Waals surface area contributed by atoms with Crippen molar-refractivity contribution in [3.63, 3.8) is 0 Å². The number of hydrogen-bond donors (Lipinski definition) is 3. The quantitative estimate of drug-likeness (QED) is 0.671. The van der Waals surface area contributed by atoms with E-state index < -0.39 is 11.6 Å². The number of nitrogens with zero attached hydrogens (tertiary/aromatic N) is 1. The Morgan fingerprint density at radius 3 is 2.72 bits per heavy atom. The topological polar surface area (TPSA) is 101 Å². The molecule has 0 aromatic carbocycles. The predicted molar refractivity (Wildman–Crippen MR) is 67.8 cm³/mol. The number of aromatic amines is 1. The molecule has 1 heterocycles. The van der Waals surface area contributed by atoms with Gasteiger partial charge in [0.1, 0.15) is 0 Å². The Kier molecular flexibility index (Phi) is 4.61. The smallest absolute Gasteiger partial charge is 0.238 e. The van der Waals surface area contributed by atoms with E-state index in [1.54, 1.807) is 27.0 Å². The van der Waals surface area contributed by atoms with Crippen LogP contribution >= 0.6 is 0 Å². The van der Waals surface area contributed by atoms with E-state index in [-0.39, 0.29) is 11.7 Å². The van der Waals surface area contributed by atoms with Gasteiger partial charge in [0.2, 0.25) is 5.91 Å². The lowest BCUT2D eigenvalue weighted by Gasteiger charge is -2.26. The summed E-state index contributed by atoms with van der Waals surface area (Å²) >= 11 is 0. The van der Waals surface area contributed by atoms with Crippen LogP contribution in [0.4, 0.5) is 0 Å². The molecule has 0 spiro atoms. The average Bonchev–Trinajstić information content (AvgIpc) is 2.79. The monoisotopic (exact) mass is 252 g/mol. The number of Topliss-reactive ketones (excluding diaryl/α,β-unsaturated/α-hetero) is 1. The van der Waals surface area contributed by atoms with E-state index in [0.717, 1.165) is 5.69 Å². The summed E-state index contributed by atoms with van der Waals surface area (Å²) < 4.78 is 0. The van der Waals surface area contributed by atoms with Crippen LogP contribution in [0.15, 0.2) is 12.5 Å². The number of carbonyl (C=O) groups is 2. The van der Waals surface area contributed by atoms with Crippen LogP contribution in [0.1, 0.15) is 32.9 Å². The lowest BCUT2D eigenvalue weighted by Crippen LogP contribution is -2.55. The predicted octanol–water partition coefficient (Wildman–Crippen LogP) is 0.153. The molecule has 0 aliphatic rings. The van der Waals surface area contributed by atoms with Gasteiger partial charge >= 0.3 is 0 Å². The number of imidazole rings is 1. The van der Waals surface area contributed by atoms with Crippen LogP contribution in [-0.4, -0.2) is 33.2 Å². The first-order chi connectivity index (χ1) is 8.36. The first-order valence-electron chi connectivity index (χ1n) is 5.95. The minimum absolute atomic E-state index is 0.0235. The summed E-state index contributed by atoms with van der Waals surface area (Å²) in [6, 6.07) is -0.700. The largest absolute Gasteiger partial charge is 0.348 e. The summed E-state index contributed by atoms with van der Waals surface area (Å²) in [4.78, 5) is 30.3. The molecule has 4 N–H and O–H groups in total. The lowest BCUT2D eigenvalue weighted by atomic mass is 9.96. The summed E-state index contributed by atoms with van der Waals surface area (Å²) in [6.07, 6.45) is 3.89. The normalized spacial score (nSPS) is 13.1. The van der Waals surface area contributed by atoms with Crippen molar-refractivity contribution >= 4 is 11.7 Å². The van der Waals surface area contributed by atoms with Gasteiger partial charge in [-0.2, -0.15) is 0 Å². The fourth-order valence-corrected chi connectivity index (χ4v) is 1.64. The van der Waals surface area contributed by atoms with Gasteiger partial charge in [-0.05, 0) is 13.8 Å². The number of hydrogen-bond acceptors (Lipinski definition) is 4. The van der Waals surface area contributed by atoms with E-state index in [4.69, 9.17) is 5.73 Å². The van der Waals surface area contributed by atoms with Gasteiger partial charge in [-0.15, -0.1) is 0 Å². The molecule has 0 unspecified atom stereocenters. The Labute approximate surface area is 106 Å². The molecule has 0 saturated carbocycles. The van der Waals surface area contributed by atoms with Gasteiger partial charge in [0.15, 0.2) is 5.78 Å². The van der Waals surface area contributed by atoms with Crippen molar-refractivity contribution in [2.45, 2.75) is 45.2 Å². The molecule has 100 valence electrons. The van der Waals surface area contributed by atoms with E-state index >= 15 is 0 Å². The van der Waals surface area contributed by atoms with Crippen LogP contribution in [0.25, 0.3) is 0 Å². The highest BCUT2D eigenvalue weighted by Crippen LogP contribution is 2.07. The van der Waals surface area contributed by atoms with E-state index in [1.807, 2.05) is 0 Å². The summed E-state index contributed by atoms with van der Waals surface area (Å²) in [6.45, 7) is 5.13. The van der Waals surface area contributed by atoms with Gasteiger partial charge in [-0.25, -0.2) is 4.98 Å². The molecule has 6 nitrogen and oxygen atoms in total. The third-order valence-corrected chi connectivity index (χ3v) is 2.79. The summed E-state index contributed by atoms with van der Waals surface area (Å²) in [5, 5.41) is 2.67.